The van der Waals surface area contributed by atoms with Gasteiger partial charge >= 0.3 is 95.3 Å². The molecule has 1 aromatic heterocycles. The monoisotopic (exact) mass is 310 g/mol. The summed E-state index contributed by atoms with van der Waals surface area (Å²) in [4.78, 5) is 7.33. The number of fused-ring (bicyclic) bond motifs is 1. The van der Waals surface area contributed by atoms with Gasteiger partial charge in [-0.2, -0.15) is 0 Å². The van der Waals surface area contributed by atoms with Gasteiger partial charge in [0, 0.05) is 0 Å². The molecule has 0 radical (unpaired) electrons. The number of aromatic nitrogens is 2. The molecule has 1 heterocycles. The molecule has 2 nitrogen and oxygen atoms in total. The standard InChI is InChI=1S/C9H9N2.3CH3.Sn/c1-2-11-7-8-5-3-4-6-9(8)10-11;;;;/h4-7H,2H2,1H3;3*1H3;. The molecule has 0 unspecified atom stereocenters. The Morgan fingerprint density at radius 3 is 2.60 bits per heavy atom. The van der Waals surface area contributed by atoms with E-state index in [2.05, 4.69) is 51.2 Å². The molecular weight excluding hydrogens is 291 g/mol. The Hall–Kier alpha value is -0.511. The first kappa shape index (κ1) is 11.0. The van der Waals surface area contributed by atoms with Crippen molar-refractivity contribution in [1.29, 1.82) is 0 Å². The van der Waals surface area contributed by atoms with E-state index in [9.17, 15) is 0 Å². The van der Waals surface area contributed by atoms with Crippen molar-refractivity contribution in [3.63, 3.8) is 0 Å². The van der Waals surface area contributed by atoms with Crippen LogP contribution in [0.25, 0.3) is 10.9 Å². The molecule has 0 spiro atoms. The average molecular weight is 309 g/mol. The van der Waals surface area contributed by atoms with Gasteiger partial charge in [0.25, 0.3) is 0 Å². The van der Waals surface area contributed by atoms with E-state index in [1.54, 1.807) is 3.58 Å². The van der Waals surface area contributed by atoms with Crippen LogP contribution in [-0.2, 0) is 6.54 Å². The zero-order chi connectivity index (χ0) is 11.1. The van der Waals surface area contributed by atoms with Crippen molar-refractivity contribution in [3.8, 4) is 0 Å². The van der Waals surface area contributed by atoms with Gasteiger partial charge in [-0.3, -0.25) is 0 Å². The van der Waals surface area contributed by atoms with Crippen LogP contribution in [0.3, 0.4) is 0 Å². The second kappa shape index (κ2) is 3.81. The van der Waals surface area contributed by atoms with Crippen molar-refractivity contribution in [3.05, 3.63) is 24.4 Å². The quantitative estimate of drug-likeness (QED) is 0.780. The first-order valence-corrected chi connectivity index (χ1v) is 15.5. The Bertz CT molecular complexity index is 480. The van der Waals surface area contributed by atoms with Crippen molar-refractivity contribution in [1.82, 2.24) is 9.78 Å². The van der Waals surface area contributed by atoms with Gasteiger partial charge in [-0.1, -0.05) is 0 Å². The minimum absolute atomic E-state index is 0.947. The van der Waals surface area contributed by atoms with Crippen LogP contribution in [0.5, 0.6) is 0 Å². The number of hydrogen-bond acceptors (Lipinski definition) is 1. The van der Waals surface area contributed by atoms with Crippen LogP contribution in [0.15, 0.2) is 24.4 Å². The third-order valence-corrected chi connectivity index (χ3v) is 8.57. The summed E-state index contributed by atoms with van der Waals surface area (Å²) in [6, 6.07) is 6.77. The summed E-state index contributed by atoms with van der Waals surface area (Å²) in [5.74, 6) is 0. The summed E-state index contributed by atoms with van der Waals surface area (Å²) < 4.78 is 3.58. The predicted octanol–water partition coefficient (Wildman–Crippen LogP) is 2.60. The van der Waals surface area contributed by atoms with Gasteiger partial charge in [-0.25, -0.2) is 0 Å². The molecule has 0 N–H and O–H groups in total. The summed E-state index contributed by atoms with van der Waals surface area (Å²) >= 11 is -1.90. The molecule has 3 heteroatoms. The molecule has 0 saturated carbocycles. The summed E-state index contributed by atoms with van der Waals surface area (Å²) in [5.41, 5.74) is 1.12. The van der Waals surface area contributed by atoms with E-state index in [-0.39, 0.29) is 0 Å². The summed E-state index contributed by atoms with van der Waals surface area (Å²) in [6.45, 7) is 3.07. The molecule has 0 fully saturated rings. The number of benzene rings is 1. The fraction of sp³-hybridized carbons (Fsp3) is 0.417. The summed E-state index contributed by atoms with van der Waals surface area (Å²) in [7, 11) is 0. The van der Waals surface area contributed by atoms with Crippen LogP contribution in [0, 0.1) is 0 Å². The number of aryl methyl sites for hydroxylation is 1. The second-order valence-electron chi connectivity index (χ2n) is 5.01. The third kappa shape index (κ3) is 2.19. The van der Waals surface area contributed by atoms with Crippen LogP contribution in [0.1, 0.15) is 6.92 Å². The van der Waals surface area contributed by atoms with Crippen LogP contribution < -0.4 is 3.58 Å². The number of nitrogens with zero attached hydrogens (tertiary/aromatic N) is 2. The van der Waals surface area contributed by atoms with Crippen LogP contribution in [0.2, 0.25) is 14.8 Å². The van der Waals surface area contributed by atoms with E-state index in [1.807, 2.05) is 4.68 Å². The Kier molecular flexibility index (Phi) is 2.79. The topological polar surface area (TPSA) is 17.8 Å². The van der Waals surface area contributed by atoms with Gasteiger partial charge < -0.3 is 0 Å². The SMILES string of the molecule is CCn1cc2c[c]([Sn]([CH3])([CH3])[CH3])ccc2n1. The van der Waals surface area contributed by atoms with Crippen molar-refractivity contribution < 1.29 is 0 Å². The third-order valence-electron chi connectivity index (χ3n) is 2.74. The molecule has 15 heavy (non-hydrogen) atoms. The fourth-order valence-electron chi connectivity index (χ4n) is 1.71. The average Bonchev–Trinajstić information content (AvgIpc) is 2.57. The summed E-state index contributed by atoms with van der Waals surface area (Å²) in [6.07, 6.45) is 2.15. The van der Waals surface area contributed by atoms with E-state index in [1.165, 1.54) is 5.39 Å². The fourth-order valence-corrected chi connectivity index (χ4v) is 5.05. The van der Waals surface area contributed by atoms with Gasteiger partial charge in [0.1, 0.15) is 0 Å². The van der Waals surface area contributed by atoms with Crippen LogP contribution in [-0.4, -0.2) is 28.2 Å². The van der Waals surface area contributed by atoms with Gasteiger partial charge in [0.15, 0.2) is 0 Å². The van der Waals surface area contributed by atoms with Crippen molar-refractivity contribution in [2.24, 2.45) is 0 Å². The molecule has 0 aliphatic rings. The molecule has 0 atom stereocenters. The molecule has 0 saturated heterocycles. The maximum absolute atomic E-state index is 4.49. The first-order valence-electron chi connectivity index (χ1n) is 5.48. The molecule has 2 rings (SSSR count). The normalized spacial score (nSPS) is 12.3. The zero-order valence-electron chi connectivity index (χ0n) is 9.91. The van der Waals surface area contributed by atoms with Crippen molar-refractivity contribution in [2.75, 3.05) is 0 Å². The predicted molar refractivity (Wildman–Crippen MR) is 68.4 cm³/mol. The Morgan fingerprint density at radius 2 is 2.00 bits per heavy atom. The van der Waals surface area contributed by atoms with Crippen LogP contribution >= 0.6 is 0 Å². The van der Waals surface area contributed by atoms with E-state index < -0.39 is 18.4 Å². The van der Waals surface area contributed by atoms with E-state index in [4.69, 9.17) is 0 Å². The number of rotatable bonds is 2. The summed E-state index contributed by atoms with van der Waals surface area (Å²) in [5, 5.41) is 5.79. The van der Waals surface area contributed by atoms with Gasteiger partial charge in [0.05, 0.1) is 0 Å². The van der Waals surface area contributed by atoms with Gasteiger partial charge in [-0.05, 0) is 0 Å². The van der Waals surface area contributed by atoms with Crippen molar-refractivity contribution in [2.45, 2.75) is 28.3 Å². The first-order chi connectivity index (χ1) is 7.00. The van der Waals surface area contributed by atoms with Crippen molar-refractivity contribution >= 4 is 32.9 Å². The molecule has 0 aliphatic heterocycles. The van der Waals surface area contributed by atoms with Gasteiger partial charge in [-0.15, -0.1) is 0 Å². The van der Waals surface area contributed by atoms with Crippen LogP contribution in [0.4, 0.5) is 0 Å². The minimum atomic E-state index is -1.90. The Labute approximate surface area is 95.2 Å². The van der Waals surface area contributed by atoms with E-state index in [0.717, 1.165) is 12.1 Å². The molecular formula is C12H18N2Sn. The zero-order valence-corrected chi connectivity index (χ0v) is 12.8. The maximum atomic E-state index is 4.49. The Balaban J connectivity index is 2.55. The molecule has 0 aliphatic carbocycles. The molecule has 2 aromatic rings. The number of hydrogen-bond donors (Lipinski definition) is 0. The van der Waals surface area contributed by atoms with E-state index in [0.29, 0.717) is 0 Å². The molecule has 0 amide bonds. The second-order valence-corrected chi connectivity index (χ2v) is 19.5. The molecule has 0 bridgehead atoms. The van der Waals surface area contributed by atoms with E-state index >= 15 is 0 Å². The van der Waals surface area contributed by atoms with Gasteiger partial charge in [0.2, 0.25) is 0 Å². The molecule has 1 aromatic carbocycles. The molecule has 80 valence electrons. The Morgan fingerprint density at radius 1 is 1.27 bits per heavy atom.